The molecular weight excluding hydrogens is 216 g/mol. The summed E-state index contributed by atoms with van der Waals surface area (Å²) >= 11 is 1.79. The van der Waals surface area contributed by atoms with E-state index < -0.39 is 0 Å². The Morgan fingerprint density at radius 1 is 0.875 bits per heavy atom. The minimum Gasteiger partial charge on any atom is -0.492 e. The molecule has 0 fully saturated rings. The first kappa shape index (κ1) is 9.79. The third kappa shape index (κ3) is 1.81. The van der Waals surface area contributed by atoms with E-state index in [9.17, 15) is 0 Å². The summed E-state index contributed by atoms with van der Waals surface area (Å²) in [5.41, 5.74) is 1.38. The van der Waals surface area contributed by atoms with Gasteiger partial charge in [-0.05, 0) is 23.8 Å². The first-order valence-corrected chi connectivity index (χ1v) is 6.23. The first-order chi connectivity index (χ1) is 7.93. The smallest absolute Gasteiger partial charge is 0.133 e. The minimum atomic E-state index is 0.759. The van der Waals surface area contributed by atoms with Gasteiger partial charge in [0.05, 0.1) is 11.5 Å². The maximum absolute atomic E-state index is 5.76. The van der Waals surface area contributed by atoms with Gasteiger partial charge in [0.2, 0.25) is 0 Å². The summed E-state index contributed by atoms with van der Waals surface area (Å²) in [5, 5.41) is 0. The fourth-order valence-electron chi connectivity index (χ4n) is 1.85. The molecule has 0 bridgehead atoms. The number of benzene rings is 2. The van der Waals surface area contributed by atoms with E-state index in [0.717, 1.165) is 18.8 Å². The van der Waals surface area contributed by atoms with Crippen LogP contribution in [-0.4, -0.2) is 6.61 Å². The van der Waals surface area contributed by atoms with Crippen molar-refractivity contribution in [1.82, 2.24) is 0 Å². The van der Waals surface area contributed by atoms with Gasteiger partial charge in [-0.15, -0.1) is 0 Å². The van der Waals surface area contributed by atoms with Gasteiger partial charge < -0.3 is 4.74 Å². The van der Waals surface area contributed by atoms with Crippen LogP contribution in [-0.2, 0) is 6.42 Å². The molecule has 16 heavy (non-hydrogen) atoms. The molecule has 0 saturated heterocycles. The van der Waals surface area contributed by atoms with Crippen molar-refractivity contribution >= 4 is 11.8 Å². The number of hydrogen-bond acceptors (Lipinski definition) is 2. The summed E-state index contributed by atoms with van der Waals surface area (Å²) in [6, 6.07) is 16.8. The number of para-hydroxylation sites is 1. The van der Waals surface area contributed by atoms with Crippen molar-refractivity contribution < 1.29 is 4.74 Å². The molecule has 0 unspecified atom stereocenters. The quantitative estimate of drug-likeness (QED) is 0.678. The van der Waals surface area contributed by atoms with Crippen LogP contribution in [0, 0.1) is 0 Å². The molecule has 1 aliphatic rings. The van der Waals surface area contributed by atoms with Crippen LogP contribution in [0.5, 0.6) is 5.75 Å². The molecule has 1 aliphatic heterocycles. The average Bonchev–Trinajstić information content (AvgIpc) is 2.29. The van der Waals surface area contributed by atoms with Crippen molar-refractivity contribution in [3.8, 4) is 5.75 Å². The van der Waals surface area contributed by atoms with Gasteiger partial charge in [0, 0.05) is 11.3 Å². The van der Waals surface area contributed by atoms with Crippen molar-refractivity contribution in [3.63, 3.8) is 0 Å². The highest BCUT2D eigenvalue weighted by Crippen LogP contribution is 2.38. The number of fused-ring (bicyclic) bond motifs is 2. The molecule has 0 radical (unpaired) electrons. The van der Waals surface area contributed by atoms with E-state index in [-0.39, 0.29) is 0 Å². The van der Waals surface area contributed by atoms with Crippen molar-refractivity contribution in [1.29, 1.82) is 0 Å². The molecule has 0 saturated carbocycles. The van der Waals surface area contributed by atoms with E-state index in [1.54, 1.807) is 11.8 Å². The highest BCUT2D eigenvalue weighted by atomic mass is 32.2. The van der Waals surface area contributed by atoms with Gasteiger partial charge >= 0.3 is 0 Å². The maximum Gasteiger partial charge on any atom is 0.133 e. The van der Waals surface area contributed by atoms with Crippen LogP contribution in [0.15, 0.2) is 58.3 Å². The van der Waals surface area contributed by atoms with E-state index >= 15 is 0 Å². The molecule has 0 atom stereocenters. The summed E-state index contributed by atoms with van der Waals surface area (Å²) in [6.45, 7) is 0.759. The standard InChI is InChI=1S/C14H12OS/c1-3-7-13-11(5-1)9-10-15-12-6-2-4-8-14(12)16-13/h1-8H,9-10H2. The molecule has 1 heterocycles. The van der Waals surface area contributed by atoms with E-state index in [0.29, 0.717) is 0 Å². The van der Waals surface area contributed by atoms with Crippen LogP contribution in [0.1, 0.15) is 5.56 Å². The second kappa shape index (κ2) is 4.22. The Kier molecular flexibility index (Phi) is 2.58. The lowest BCUT2D eigenvalue weighted by Gasteiger charge is -2.17. The predicted octanol–water partition coefficient (Wildman–Crippen LogP) is 3.77. The Morgan fingerprint density at radius 2 is 1.62 bits per heavy atom. The fourth-order valence-corrected chi connectivity index (χ4v) is 2.91. The number of hydrogen-bond donors (Lipinski definition) is 0. The van der Waals surface area contributed by atoms with Crippen LogP contribution in [0.2, 0.25) is 0 Å². The van der Waals surface area contributed by atoms with Gasteiger partial charge in [0.1, 0.15) is 5.75 Å². The van der Waals surface area contributed by atoms with Gasteiger partial charge in [-0.3, -0.25) is 0 Å². The monoisotopic (exact) mass is 228 g/mol. The Bertz CT molecular complexity index is 462. The first-order valence-electron chi connectivity index (χ1n) is 5.41. The highest BCUT2D eigenvalue weighted by Gasteiger charge is 2.11. The number of rotatable bonds is 0. The van der Waals surface area contributed by atoms with Crippen LogP contribution in [0.4, 0.5) is 0 Å². The molecule has 3 rings (SSSR count). The van der Waals surface area contributed by atoms with Gasteiger partial charge in [-0.1, -0.05) is 42.1 Å². The molecule has 0 N–H and O–H groups in total. The van der Waals surface area contributed by atoms with E-state index in [1.165, 1.54) is 15.4 Å². The third-order valence-corrected chi connectivity index (χ3v) is 3.85. The Morgan fingerprint density at radius 3 is 2.56 bits per heavy atom. The Labute approximate surface area is 99.4 Å². The lowest BCUT2D eigenvalue weighted by atomic mass is 10.1. The van der Waals surface area contributed by atoms with E-state index in [2.05, 4.69) is 36.4 Å². The zero-order valence-corrected chi connectivity index (χ0v) is 9.67. The van der Waals surface area contributed by atoms with Crippen LogP contribution in [0.25, 0.3) is 0 Å². The average molecular weight is 228 g/mol. The molecule has 0 aromatic heterocycles. The van der Waals surface area contributed by atoms with Gasteiger partial charge in [-0.2, -0.15) is 0 Å². The van der Waals surface area contributed by atoms with Gasteiger partial charge in [0.15, 0.2) is 0 Å². The van der Waals surface area contributed by atoms with Crippen molar-refractivity contribution in [2.24, 2.45) is 0 Å². The van der Waals surface area contributed by atoms with Crippen molar-refractivity contribution in [2.75, 3.05) is 6.61 Å². The summed E-state index contributed by atoms with van der Waals surface area (Å²) in [5.74, 6) is 1.00. The van der Waals surface area contributed by atoms with E-state index in [1.807, 2.05) is 12.1 Å². The molecule has 0 aliphatic carbocycles. The minimum absolute atomic E-state index is 0.759. The second-order valence-electron chi connectivity index (χ2n) is 3.75. The zero-order chi connectivity index (χ0) is 10.8. The number of ether oxygens (including phenoxy) is 1. The molecule has 0 amide bonds. The van der Waals surface area contributed by atoms with E-state index in [4.69, 9.17) is 4.74 Å². The topological polar surface area (TPSA) is 9.23 Å². The molecular formula is C14H12OS. The van der Waals surface area contributed by atoms with Gasteiger partial charge in [0.25, 0.3) is 0 Å². The van der Waals surface area contributed by atoms with Crippen molar-refractivity contribution in [2.45, 2.75) is 16.2 Å². The van der Waals surface area contributed by atoms with Crippen molar-refractivity contribution in [3.05, 3.63) is 54.1 Å². The largest absolute Gasteiger partial charge is 0.492 e. The lowest BCUT2D eigenvalue weighted by Crippen LogP contribution is -2.05. The van der Waals surface area contributed by atoms with Crippen LogP contribution >= 0.6 is 11.8 Å². The molecule has 2 heteroatoms. The summed E-state index contributed by atoms with van der Waals surface area (Å²) in [6.07, 6.45) is 0.984. The second-order valence-corrected chi connectivity index (χ2v) is 4.84. The molecule has 2 aromatic carbocycles. The molecule has 0 spiro atoms. The Balaban J connectivity index is 2.06. The van der Waals surface area contributed by atoms with Crippen LogP contribution in [0.3, 0.4) is 0 Å². The lowest BCUT2D eigenvalue weighted by molar-refractivity contribution is 0.312. The van der Waals surface area contributed by atoms with Gasteiger partial charge in [-0.25, -0.2) is 0 Å². The molecule has 2 aromatic rings. The Hall–Kier alpha value is -1.41. The highest BCUT2D eigenvalue weighted by molar-refractivity contribution is 7.99. The summed E-state index contributed by atoms with van der Waals surface area (Å²) in [4.78, 5) is 2.55. The fraction of sp³-hybridized carbons (Fsp3) is 0.143. The normalized spacial score (nSPS) is 14.0. The SMILES string of the molecule is c1ccc2c(c1)CCOc1ccccc1S2. The summed E-state index contributed by atoms with van der Waals surface area (Å²) < 4.78 is 5.76. The predicted molar refractivity (Wildman–Crippen MR) is 66.2 cm³/mol. The molecule has 80 valence electrons. The summed E-state index contributed by atoms with van der Waals surface area (Å²) in [7, 11) is 0. The third-order valence-electron chi connectivity index (χ3n) is 2.67. The van der Waals surface area contributed by atoms with Crippen LogP contribution < -0.4 is 4.74 Å². The maximum atomic E-state index is 5.76. The zero-order valence-electron chi connectivity index (χ0n) is 8.85. The molecule has 1 nitrogen and oxygen atoms in total.